The number of hydrogen-bond acceptors (Lipinski definition) is 4. The summed E-state index contributed by atoms with van der Waals surface area (Å²) in [6.45, 7) is 5.60. The normalized spacial score (nSPS) is 11.0. The highest BCUT2D eigenvalue weighted by Crippen LogP contribution is 2.21. The minimum absolute atomic E-state index is 0.0642. The fourth-order valence-electron chi connectivity index (χ4n) is 3.04. The van der Waals surface area contributed by atoms with E-state index in [1.165, 1.54) is 43.3 Å². The highest BCUT2D eigenvalue weighted by atomic mass is 32.2. The van der Waals surface area contributed by atoms with Gasteiger partial charge in [0.25, 0.3) is 21.8 Å². The van der Waals surface area contributed by atoms with E-state index in [0.717, 1.165) is 11.6 Å². The summed E-state index contributed by atoms with van der Waals surface area (Å²) in [4.78, 5) is 24.7. The number of benzene rings is 3. The van der Waals surface area contributed by atoms with Gasteiger partial charge in [-0.3, -0.25) is 14.3 Å². The molecule has 0 unspecified atom stereocenters. The number of rotatable bonds is 7. The minimum Gasteiger partial charge on any atom is -0.352 e. The predicted octanol–water partition coefficient (Wildman–Crippen LogP) is 4.25. The third-order valence-corrected chi connectivity index (χ3v) is 6.30. The van der Waals surface area contributed by atoms with Gasteiger partial charge in [-0.2, -0.15) is 0 Å². The Labute approximate surface area is 192 Å². The highest BCUT2D eigenvalue weighted by Gasteiger charge is 2.16. The first kappa shape index (κ1) is 23.9. The average molecular weight is 470 g/mol. The first-order valence-corrected chi connectivity index (χ1v) is 11.7. The Morgan fingerprint density at radius 1 is 0.848 bits per heavy atom. The van der Waals surface area contributed by atoms with E-state index in [-0.39, 0.29) is 22.1 Å². The standard InChI is InChI=1S/C24H24FN3O4S/c1-4-26-23(29)18-6-5-15(2)22(14-18)27-24(30)17-7-9-19(10-8-17)28-33(31,32)20-11-12-21(25)16(3)13-20/h5-14,28H,4H2,1-3H3,(H,26,29)(H,27,30). The molecule has 0 radical (unpaired) electrons. The summed E-state index contributed by atoms with van der Waals surface area (Å²) < 4.78 is 41.0. The summed E-state index contributed by atoms with van der Waals surface area (Å²) in [5.41, 5.74) is 2.49. The summed E-state index contributed by atoms with van der Waals surface area (Å²) in [6.07, 6.45) is 0. The highest BCUT2D eigenvalue weighted by molar-refractivity contribution is 7.92. The van der Waals surface area contributed by atoms with Gasteiger partial charge in [0.1, 0.15) is 5.82 Å². The maximum Gasteiger partial charge on any atom is 0.261 e. The van der Waals surface area contributed by atoms with Crippen LogP contribution in [-0.4, -0.2) is 26.8 Å². The number of hydrogen-bond donors (Lipinski definition) is 3. The maximum absolute atomic E-state index is 13.4. The maximum atomic E-state index is 13.4. The second-order valence-corrected chi connectivity index (χ2v) is 9.12. The Hall–Kier alpha value is -3.72. The van der Waals surface area contributed by atoms with Crippen molar-refractivity contribution in [1.82, 2.24) is 5.32 Å². The van der Waals surface area contributed by atoms with Gasteiger partial charge in [-0.05, 0) is 86.5 Å². The lowest BCUT2D eigenvalue weighted by atomic mass is 10.1. The molecule has 172 valence electrons. The van der Waals surface area contributed by atoms with Gasteiger partial charge in [0.15, 0.2) is 0 Å². The van der Waals surface area contributed by atoms with E-state index >= 15 is 0 Å². The molecule has 0 heterocycles. The number of carbonyl (C=O) groups excluding carboxylic acids is 2. The van der Waals surface area contributed by atoms with Crippen LogP contribution in [0.3, 0.4) is 0 Å². The largest absolute Gasteiger partial charge is 0.352 e. The zero-order valence-corrected chi connectivity index (χ0v) is 19.2. The van der Waals surface area contributed by atoms with Crippen LogP contribution in [0, 0.1) is 19.7 Å². The lowest BCUT2D eigenvalue weighted by molar-refractivity contribution is 0.0954. The Balaban J connectivity index is 1.73. The van der Waals surface area contributed by atoms with Crippen molar-refractivity contribution in [2.24, 2.45) is 0 Å². The number of anilines is 2. The van der Waals surface area contributed by atoms with Crippen molar-refractivity contribution in [3.63, 3.8) is 0 Å². The fraction of sp³-hybridized carbons (Fsp3) is 0.167. The fourth-order valence-corrected chi connectivity index (χ4v) is 4.19. The molecule has 3 rings (SSSR count). The van der Waals surface area contributed by atoms with Crippen molar-refractivity contribution in [1.29, 1.82) is 0 Å². The zero-order chi connectivity index (χ0) is 24.2. The first-order chi connectivity index (χ1) is 15.6. The molecule has 0 aliphatic heterocycles. The van der Waals surface area contributed by atoms with Crippen LogP contribution in [0.5, 0.6) is 0 Å². The molecule has 3 aromatic carbocycles. The number of carbonyl (C=O) groups is 2. The quantitative estimate of drug-likeness (QED) is 0.481. The first-order valence-electron chi connectivity index (χ1n) is 10.2. The predicted molar refractivity (Wildman–Crippen MR) is 126 cm³/mol. The van der Waals surface area contributed by atoms with Gasteiger partial charge in [-0.25, -0.2) is 12.8 Å². The van der Waals surface area contributed by atoms with Crippen LogP contribution in [0.1, 0.15) is 38.8 Å². The molecule has 9 heteroatoms. The molecule has 2 amide bonds. The second-order valence-electron chi connectivity index (χ2n) is 7.44. The smallest absolute Gasteiger partial charge is 0.261 e. The molecule has 0 aromatic heterocycles. The van der Waals surface area contributed by atoms with Crippen LogP contribution in [-0.2, 0) is 10.0 Å². The van der Waals surface area contributed by atoms with Gasteiger partial charge in [-0.15, -0.1) is 0 Å². The number of sulfonamides is 1. The molecule has 0 saturated heterocycles. The molecule has 3 aromatic rings. The topological polar surface area (TPSA) is 104 Å². The lowest BCUT2D eigenvalue weighted by Gasteiger charge is -2.12. The monoisotopic (exact) mass is 469 g/mol. The van der Waals surface area contributed by atoms with Crippen molar-refractivity contribution in [3.8, 4) is 0 Å². The van der Waals surface area contributed by atoms with Crippen molar-refractivity contribution in [3.05, 3.63) is 88.7 Å². The van der Waals surface area contributed by atoms with Crippen molar-refractivity contribution in [2.75, 3.05) is 16.6 Å². The number of halogens is 1. The number of aryl methyl sites for hydroxylation is 2. The van der Waals surface area contributed by atoms with E-state index in [1.54, 1.807) is 18.2 Å². The Morgan fingerprint density at radius 2 is 1.52 bits per heavy atom. The van der Waals surface area contributed by atoms with Crippen LogP contribution in [0.4, 0.5) is 15.8 Å². The molecule has 0 aliphatic carbocycles. The van der Waals surface area contributed by atoms with Gasteiger partial charge >= 0.3 is 0 Å². The van der Waals surface area contributed by atoms with Gasteiger partial charge in [-0.1, -0.05) is 6.07 Å². The molecule has 0 fully saturated rings. The summed E-state index contributed by atoms with van der Waals surface area (Å²) in [6, 6.07) is 14.4. The molecular weight excluding hydrogens is 445 g/mol. The Kier molecular flexibility index (Phi) is 7.13. The van der Waals surface area contributed by atoms with Crippen molar-refractivity contribution < 1.29 is 22.4 Å². The van der Waals surface area contributed by atoms with Crippen LogP contribution < -0.4 is 15.4 Å². The minimum atomic E-state index is -3.91. The zero-order valence-electron chi connectivity index (χ0n) is 18.4. The molecule has 7 nitrogen and oxygen atoms in total. The van der Waals surface area contributed by atoms with Crippen LogP contribution in [0.25, 0.3) is 0 Å². The number of nitrogens with one attached hydrogen (secondary N) is 3. The molecular formula is C24H24FN3O4S. The van der Waals surface area contributed by atoms with E-state index < -0.39 is 21.7 Å². The Bertz CT molecular complexity index is 1310. The summed E-state index contributed by atoms with van der Waals surface area (Å²) in [5, 5.41) is 5.49. The van der Waals surface area contributed by atoms with E-state index in [9.17, 15) is 22.4 Å². The van der Waals surface area contributed by atoms with E-state index in [2.05, 4.69) is 15.4 Å². The summed E-state index contributed by atoms with van der Waals surface area (Å²) >= 11 is 0. The molecule has 3 N–H and O–H groups in total. The van der Waals surface area contributed by atoms with E-state index in [4.69, 9.17) is 0 Å². The van der Waals surface area contributed by atoms with Crippen molar-refractivity contribution >= 4 is 33.2 Å². The lowest BCUT2D eigenvalue weighted by Crippen LogP contribution is -2.23. The van der Waals surface area contributed by atoms with Gasteiger partial charge < -0.3 is 10.6 Å². The third kappa shape index (κ3) is 5.75. The van der Waals surface area contributed by atoms with Crippen LogP contribution in [0.2, 0.25) is 0 Å². The van der Waals surface area contributed by atoms with Gasteiger partial charge in [0.05, 0.1) is 4.90 Å². The average Bonchev–Trinajstić information content (AvgIpc) is 2.77. The van der Waals surface area contributed by atoms with Gasteiger partial charge in [0, 0.05) is 29.0 Å². The summed E-state index contributed by atoms with van der Waals surface area (Å²) in [7, 11) is -3.91. The summed E-state index contributed by atoms with van der Waals surface area (Å²) in [5.74, 6) is -1.13. The molecule has 33 heavy (non-hydrogen) atoms. The SMILES string of the molecule is CCNC(=O)c1ccc(C)c(NC(=O)c2ccc(NS(=O)(=O)c3ccc(F)c(C)c3)cc2)c1. The van der Waals surface area contributed by atoms with Crippen molar-refractivity contribution in [2.45, 2.75) is 25.7 Å². The molecule has 0 saturated carbocycles. The molecule has 0 spiro atoms. The van der Waals surface area contributed by atoms with Crippen LogP contribution >= 0.6 is 0 Å². The Morgan fingerprint density at radius 3 is 2.15 bits per heavy atom. The molecule has 0 atom stereocenters. The van der Waals surface area contributed by atoms with E-state index in [0.29, 0.717) is 23.4 Å². The second kappa shape index (κ2) is 9.83. The van der Waals surface area contributed by atoms with Gasteiger partial charge in [0.2, 0.25) is 0 Å². The van der Waals surface area contributed by atoms with E-state index in [1.807, 2.05) is 13.8 Å². The third-order valence-electron chi connectivity index (χ3n) is 4.92. The molecule has 0 bridgehead atoms. The molecule has 0 aliphatic rings. The number of amides is 2. The van der Waals surface area contributed by atoms with Crippen LogP contribution in [0.15, 0.2) is 65.6 Å².